The summed E-state index contributed by atoms with van der Waals surface area (Å²) in [5.41, 5.74) is 4.29. The van der Waals surface area contributed by atoms with Gasteiger partial charge in [-0.1, -0.05) is 6.07 Å². The van der Waals surface area contributed by atoms with Crippen LogP contribution in [0.2, 0.25) is 0 Å². The minimum absolute atomic E-state index is 0.146. The highest BCUT2D eigenvalue weighted by Crippen LogP contribution is 2.34. The predicted molar refractivity (Wildman–Crippen MR) is 113 cm³/mol. The molecule has 2 N–H and O–H groups in total. The summed E-state index contributed by atoms with van der Waals surface area (Å²) in [7, 11) is 0. The third kappa shape index (κ3) is 4.93. The molecule has 168 valence electrons. The summed E-state index contributed by atoms with van der Waals surface area (Å²) in [6, 6.07) is 14.8. The van der Waals surface area contributed by atoms with E-state index >= 15 is 0 Å². The quantitative estimate of drug-likeness (QED) is 0.329. The highest BCUT2D eigenvalue weighted by Gasteiger charge is 2.35. The third-order valence-corrected chi connectivity index (χ3v) is 5.44. The maximum atomic E-state index is 13.2. The van der Waals surface area contributed by atoms with Crippen molar-refractivity contribution in [1.82, 2.24) is 20.6 Å². The lowest BCUT2D eigenvalue weighted by molar-refractivity contribution is -0.141. The fourth-order valence-corrected chi connectivity index (χ4v) is 3.66. The lowest BCUT2D eigenvalue weighted by Gasteiger charge is -2.09. The summed E-state index contributed by atoms with van der Waals surface area (Å²) in [6.07, 6.45) is -4.61. The Morgan fingerprint density at radius 2 is 1.45 bits per heavy atom. The summed E-state index contributed by atoms with van der Waals surface area (Å²) in [6.45, 7) is 0. The Morgan fingerprint density at radius 1 is 0.879 bits per heavy atom. The van der Waals surface area contributed by atoms with Crippen LogP contribution in [0.15, 0.2) is 72.1 Å². The number of aromatic nitrogens is 2. The number of thiophene rings is 1. The van der Waals surface area contributed by atoms with Crippen molar-refractivity contribution in [3.05, 3.63) is 94.7 Å². The van der Waals surface area contributed by atoms with Crippen molar-refractivity contribution in [3.63, 3.8) is 0 Å². The van der Waals surface area contributed by atoms with Crippen LogP contribution in [0.25, 0.3) is 16.3 Å². The van der Waals surface area contributed by atoms with Gasteiger partial charge in [0.25, 0.3) is 11.8 Å². The van der Waals surface area contributed by atoms with Gasteiger partial charge in [0.15, 0.2) is 5.69 Å². The molecular weight excluding hydrogens is 460 g/mol. The molecule has 0 spiro atoms. The number of amides is 2. The van der Waals surface area contributed by atoms with Crippen molar-refractivity contribution in [3.8, 4) is 16.3 Å². The van der Waals surface area contributed by atoms with E-state index in [4.69, 9.17) is 0 Å². The van der Waals surface area contributed by atoms with Crippen LogP contribution in [0.5, 0.6) is 0 Å². The van der Waals surface area contributed by atoms with Crippen LogP contribution in [0.4, 0.5) is 17.6 Å². The molecule has 4 rings (SSSR count). The topological polar surface area (TPSA) is 76.0 Å². The second kappa shape index (κ2) is 8.87. The normalized spacial score (nSPS) is 11.3. The van der Waals surface area contributed by atoms with Gasteiger partial charge < -0.3 is 0 Å². The molecule has 0 saturated heterocycles. The molecule has 11 heteroatoms. The number of hydrogen-bond donors (Lipinski definition) is 2. The third-order valence-electron chi connectivity index (χ3n) is 4.54. The molecule has 0 aliphatic carbocycles. The number of halogens is 4. The number of nitrogens with one attached hydrogen (secondary N) is 2. The van der Waals surface area contributed by atoms with Crippen LogP contribution in [0.3, 0.4) is 0 Å². The van der Waals surface area contributed by atoms with E-state index in [1.165, 1.54) is 47.7 Å². The SMILES string of the molecule is O=C(NNC(=O)c1ccc(-n2nc(C(F)(F)F)cc2-c2cccs2)cc1)c1ccc(F)cc1. The zero-order valence-corrected chi connectivity index (χ0v) is 17.4. The molecule has 2 aromatic heterocycles. The fourth-order valence-electron chi connectivity index (χ4n) is 2.93. The zero-order valence-electron chi connectivity index (χ0n) is 16.6. The second-order valence-electron chi connectivity index (χ2n) is 6.76. The van der Waals surface area contributed by atoms with E-state index in [1.807, 2.05) is 0 Å². The van der Waals surface area contributed by atoms with Gasteiger partial charge >= 0.3 is 6.18 Å². The number of rotatable bonds is 4. The predicted octanol–water partition coefficient (Wildman–Crippen LogP) is 4.83. The first kappa shape index (κ1) is 22.2. The van der Waals surface area contributed by atoms with E-state index in [0.29, 0.717) is 10.6 Å². The van der Waals surface area contributed by atoms with Crippen molar-refractivity contribution in [1.29, 1.82) is 0 Å². The average molecular weight is 474 g/mol. The standard InChI is InChI=1S/C22H14F4N4O2S/c23-15-7-3-13(4-8-15)20(31)27-28-21(32)14-5-9-16(10-6-14)30-17(18-2-1-11-33-18)12-19(29-30)22(24,25)26/h1-12H,(H,27,31)(H,28,32). The number of carbonyl (C=O) groups excluding carboxylic acids is 2. The molecule has 2 heterocycles. The zero-order chi connectivity index (χ0) is 23.6. The number of carbonyl (C=O) groups is 2. The van der Waals surface area contributed by atoms with E-state index < -0.39 is 29.5 Å². The average Bonchev–Trinajstić information content (AvgIpc) is 3.47. The number of hydrogen-bond acceptors (Lipinski definition) is 4. The molecule has 0 bridgehead atoms. The summed E-state index contributed by atoms with van der Waals surface area (Å²) in [5, 5.41) is 5.44. The van der Waals surface area contributed by atoms with Crippen LogP contribution in [-0.2, 0) is 6.18 Å². The Kier molecular flexibility index (Phi) is 5.97. The van der Waals surface area contributed by atoms with Crippen molar-refractivity contribution < 1.29 is 27.2 Å². The summed E-state index contributed by atoms with van der Waals surface area (Å²) in [5.74, 6) is -1.79. The van der Waals surface area contributed by atoms with E-state index in [2.05, 4.69) is 16.0 Å². The summed E-state index contributed by atoms with van der Waals surface area (Å²) < 4.78 is 53.8. The van der Waals surface area contributed by atoms with Crippen molar-refractivity contribution >= 4 is 23.2 Å². The van der Waals surface area contributed by atoms with Gasteiger partial charge in [0.2, 0.25) is 0 Å². The molecule has 0 atom stereocenters. The molecule has 0 aliphatic rings. The fraction of sp³-hybridized carbons (Fsp3) is 0.0455. The molecule has 33 heavy (non-hydrogen) atoms. The Bertz CT molecular complexity index is 1280. The molecule has 4 aromatic rings. The van der Waals surface area contributed by atoms with Gasteiger partial charge in [-0.25, -0.2) is 9.07 Å². The molecule has 6 nitrogen and oxygen atoms in total. The Balaban J connectivity index is 1.51. The summed E-state index contributed by atoms with van der Waals surface area (Å²) in [4.78, 5) is 24.9. The van der Waals surface area contributed by atoms with Crippen LogP contribution < -0.4 is 10.9 Å². The maximum Gasteiger partial charge on any atom is 0.435 e. The van der Waals surface area contributed by atoms with Crippen LogP contribution in [0, 0.1) is 5.82 Å². The number of hydrazine groups is 1. The minimum atomic E-state index is -4.61. The monoisotopic (exact) mass is 474 g/mol. The van der Waals surface area contributed by atoms with Gasteiger partial charge in [-0.2, -0.15) is 18.3 Å². The Hall–Kier alpha value is -3.99. The van der Waals surface area contributed by atoms with Crippen LogP contribution in [0.1, 0.15) is 26.4 Å². The lowest BCUT2D eigenvalue weighted by Crippen LogP contribution is -2.41. The largest absolute Gasteiger partial charge is 0.435 e. The maximum absolute atomic E-state index is 13.2. The van der Waals surface area contributed by atoms with Gasteiger partial charge in [0.1, 0.15) is 5.82 Å². The Labute approximate surface area is 188 Å². The first-order valence-electron chi connectivity index (χ1n) is 9.40. The van der Waals surface area contributed by atoms with Crippen molar-refractivity contribution in [2.75, 3.05) is 0 Å². The first-order chi connectivity index (χ1) is 15.7. The molecule has 2 aromatic carbocycles. The second-order valence-corrected chi connectivity index (χ2v) is 7.71. The first-order valence-corrected chi connectivity index (χ1v) is 10.3. The molecular formula is C22H14F4N4O2S. The van der Waals surface area contributed by atoms with E-state index in [-0.39, 0.29) is 16.8 Å². The molecule has 0 fully saturated rings. The summed E-state index contributed by atoms with van der Waals surface area (Å²) >= 11 is 1.27. The van der Waals surface area contributed by atoms with E-state index in [0.717, 1.165) is 22.9 Å². The molecule has 0 saturated carbocycles. The smallest absolute Gasteiger partial charge is 0.267 e. The van der Waals surface area contributed by atoms with Crippen molar-refractivity contribution in [2.45, 2.75) is 6.18 Å². The number of nitrogens with zero attached hydrogens (tertiary/aromatic N) is 2. The molecule has 0 aliphatic heterocycles. The van der Waals surface area contributed by atoms with Crippen molar-refractivity contribution in [2.24, 2.45) is 0 Å². The van der Waals surface area contributed by atoms with Crippen LogP contribution in [-0.4, -0.2) is 21.6 Å². The number of alkyl halides is 3. The highest BCUT2D eigenvalue weighted by molar-refractivity contribution is 7.13. The van der Waals surface area contributed by atoms with Crippen LogP contribution >= 0.6 is 11.3 Å². The highest BCUT2D eigenvalue weighted by atomic mass is 32.1. The minimum Gasteiger partial charge on any atom is -0.267 e. The Morgan fingerprint density at radius 3 is 1.97 bits per heavy atom. The molecule has 0 unspecified atom stereocenters. The van der Waals surface area contributed by atoms with Gasteiger partial charge in [0, 0.05) is 11.1 Å². The van der Waals surface area contributed by atoms with Gasteiger partial charge in [0.05, 0.1) is 16.3 Å². The lowest BCUT2D eigenvalue weighted by atomic mass is 10.2. The van der Waals surface area contributed by atoms with E-state index in [9.17, 15) is 27.2 Å². The molecule has 0 radical (unpaired) electrons. The van der Waals surface area contributed by atoms with E-state index in [1.54, 1.807) is 17.5 Å². The van der Waals surface area contributed by atoms with Gasteiger partial charge in [-0.3, -0.25) is 20.4 Å². The van der Waals surface area contributed by atoms with Gasteiger partial charge in [-0.15, -0.1) is 11.3 Å². The van der Waals surface area contributed by atoms with Gasteiger partial charge in [-0.05, 0) is 66.0 Å². The number of benzene rings is 2. The molecule has 2 amide bonds.